The van der Waals surface area contributed by atoms with Crippen molar-refractivity contribution >= 4 is 5.91 Å². The number of nitrogens with zero attached hydrogens (tertiary/aromatic N) is 1. The van der Waals surface area contributed by atoms with Crippen molar-refractivity contribution < 1.29 is 9.53 Å². The van der Waals surface area contributed by atoms with Crippen LogP contribution in [0, 0.1) is 5.92 Å². The zero-order valence-electron chi connectivity index (χ0n) is 12.3. The Labute approximate surface area is 116 Å². The van der Waals surface area contributed by atoms with Gasteiger partial charge >= 0.3 is 0 Å². The lowest BCUT2D eigenvalue weighted by atomic mass is 9.89. The molecule has 19 heavy (non-hydrogen) atoms. The van der Waals surface area contributed by atoms with Crippen LogP contribution in [0.15, 0.2) is 0 Å². The van der Waals surface area contributed by atoms with Crippen molar-refractivity contribution in [3.8, 4) is 0 Å². The largest absolute Gasteiger partial charge is 0.364 e. The van der Waals surface area contributed by atoms with Gasteiger partial charge in [-0.05, 0) is 38.0 Å². The highest BCUT2D eigenvalue weighted by atomic mass is 16.5. The van der Waals surface area contributed by atoms with E-state index in [1.54, 1.807) is 0 Å². The number of amides is 1. The number of nitrogens with two attached hydrogens (primary N) is 1. The summed E-state index contributed by atoms with van der Waals surface area (Å²) in [7, 11) is 0. The first-order valence-electron chi connectivity index (χ1n) is 7.83. The first kappa shape index (κ1) is 14.8. The van der Waals surface area contributed by atoms with Crippen LogP contribution in [0.3, 0.4) is 0 Å². The molecule has 0 spiro atoms. The Morgan fingerprint density at radius 2 is 2.16 bits per heavy atom. The van der Waals surface area contributed by atoms with E-state index in [1.807, 2.05) is 0 Å². The van der Waals surface area contributed by atoms with Crippen LogP contribution in [-0.2, 0) is 9.53 Å². The van der Waals surface area contributed by atoms with Crippen LogP contribution in [0.5, 0.6) is 0 Å². The molecule has 0 aliphatic carbocycles. The van der Waals surface area contributed by atoms with Gasteiger partial charge in [-0.25, -0.2) is 0 Å². The Hall–Kier alpha value is -0.610. The van der Waals surface area contributed by atoms with Gasteiger partial charge in [-0.15, -0.1) is 0 Å². The average molecular weight is 268 g/mol. The van der Waals surface area contributed by atoms with Crippen molar-refractivity contribution in [3.63, 3.8) is 0 Å². The molecule has 0 aromatic rings. The molecule has 2 aliphatic rings. The molecular weight excluding hydrogens is 240 g/mol. The normalized spacial score (nSPS) is 33.4. The summed E-state index contributed by atoms with van der Waals surface area (Å²) in [6.45, 7) is 5.90. The van der Waals surface area contributed by atoms with Gasteiger partial charge < -0.3 is 15.4 Å². The molecule has 2 fully saturated rings. The second-order valence-corrected chi connectivity index (χ2v) is 6.04. The summed E-state index contributed by atoms with van der Waals surface area (Å²) in [4.78, 5) is 14.8. The smallest absolute Gasteiger partial charge is 0.251 e. The van der Waals surface area contributed by atoms with E-state index in [0.717, 1.165) is 38.6 Å². The Morgan fingerprint density at radius 1 is 1.37 bits per heavy atom. The molecule has 2 unspecified atom stereocenters. The Balaban J connectivity index is 1.99. The summed E-state index contributed by atoms with van der Waals surface area (Å²) in [5, 5.41) is 0. The monoisotopic (exact) mass is 268 g/mol. The second kappa shape index (κ2) is 6.71. The fourth-order valence-electron chi connectivity index (χ4n) is 3.34. The van der Waals surface area contributed by atoms with Crippen molar-refractivity contribution in [2.45, 2.75) is 70.6 Å². The van der Waals surface area contributed by atoms with E-state index >= 15 is 0 Å². The van der Waals surface area contributed by atoms with Gasteiger partial charge in [0.2, 0.25) is 0 Å². The van der Waals surface area contributed by atoms with Crippen LogP contribution < -0.4 is 5.73 Å². The van der Waals surface area contributed by atoms with Gasteiger partial charge in [0.05, 0.1) is 6.10 Å². The van der Waals surface area contributed by atoms with Gasteiger partial charge in [-0.1, -0.05) is 20.3 Å². The van der Waals surface area contributed by atoms with Crippen LogP contribution in [-0.4, -0.2) is 42.1 Å². The quantitative estimate of drug-likeness (QED) is 0.847. The molecule has 4 nitrogen and oxygen atoms in total. The lowest BCUT2D eigenvalue weighted by Gasteiger charge is -2.40. The van der Waals surface area contributed by atoms with E-state index in [4.69, 9.17) is 10.5 Å². The molecule has 0 aromatic carbocycles. The third-order valence-electron chi connectivity index (χ3n) is 4.78. The maximum absolute atomic E-state index is 12.7. The molecule has 4 atom stereocenters. The standard InChI is InChI=1S/C15H28N2O2/c1-3-11(2)13-6-4-5-9-17(13)15(18)14-8-7-12(10-16)19-14/h11-14H,3-10,16H2,1-2H3/t11?,12-,13?,14+/m1/s1. The first-order chi connectivity index (χ1) is 9.17. The zero-order valence-corrected chi connectivity index (χ0v) is 12.3. The zero-order chi connectivity index (χ0) is 13.8. The molecule has 2 N–H and O–H groups in total. The summed E-state index contributed by atoms with van der Waals surface area (Å²) >= 11 is 0. The molecule has 1 amide bonds. The number of piperidine rings is 1. The highest BCUT2D eigenvalue weighted by Crippen LogP contribution is 2.28. The predicted molar refractivity (Wildman–Crippen MR) is 75.8 cm³/mol. The third kappa shape index (κ3) is 3.29. The van der Waals surface area contributed by atoms with Gasteiger partial charge in [0.1, 0.15) is 6.10 Å². The lowest BCUT2D eigenvalue weighted by molar-refractivity contribution is -0.147. The fraction of sp³-hybridized carbons (Fsp3) is 0.933. The van der Waals surface area contributed by atoms with Crippen LogP contribution >= 0.6 is 0 Å². The molecule has 110 valence electrons. The molecule has 2 rings (SSSR count). The summed E-state index contributed by atoms with van der Waals surface area (Å²) in [5.41, 5.74) is 5.62. The van der Waals surface area contributed by atoms with Crippen molar-refractivity contribution in [3.05, 3.63) is 0 Å². The van der Waals surface area contributed by atoms with Gasteiger partial charge in [0.25, 0.3) is 5.91 Å². The molecule has 2 heterocycles. The van der Waals surface area contributed by atoms with Crippen molar-refractivity contribution in [2.75, 3.05) is 13.1 Å². The van der Waals surface area contributed by atoms with E-state index in [0.29, 0.717) is 18.5 Å². The van der Waals surface area contributed by atoms with Crippen molar-refractivity contribution in [1.29, 1.82) is 0 Å². The van der Waals surface area contributed by atoms with Crippen LogP contribution in [0.25, 0.3) is 0 Å². The maximum Gasteiger partial charge on any atom is 0.251 e. The Bertz CT molecular complexity index is 309. The van der Waals surface area contributed by atoms with E-state index in [-0.39, 0.29) is 18.1 Å². The second-order valence-electron chi connectivity index (χ2n) is 6.04. The number of rotatable bonds is 4. The Morgan fingerprint density at radius 3 is 2.79 bits per heavy atom. The third-order valence-corrected chi connectivity index (χ3v) is 4.78. The lowest BCUT2D eigenvalue weighted by Crippen LogP contribution is -2.50. The number of hydrogen-bond donors (Lipinski definition) is 1. The van der Waals surface area contributed by atoms with Crippen LogP contribution in [0.1, 0.15) is 52.4 Å². The molecule has 0 radical (unpaired) electrons. The molecule has 0 aromatic heterocycles. The topological polar surface area (TPSA) is 55.6 Å². The van der Waals surface area contributed by atoms with Crippen LogP contribution in [0.4, 0.5) is 0 Å². The molecular formula is C15H28N2O2. The SMILES string of the molecule is CCC(C)C1CCCCN1C(=O)[C@@H]1CC[C@H](CN)O1. The summed E-state index contributed by atoms with van der Waals surface area (Å²) in [6.07, 6.45) is 6.26. The van der Waals surface area contributed by atoms with Crippen molar-refractivity contribution in [1.82, 2.24) is 4.90 Å². The number of carbonyl (C=O) groups excluding carboxylic acids is 1. The predicted octanol–water partition coefficient (Wildman–Crippen LogP) is 1.92. The number of ether oxygens (including phenoxy) is 1. The van der Waals surface area contributed by atoms with E-state index in [1.165, 1.54) is 6.42 Å². The van der Waals surface area contributed by atoms with Gasteiger partial charge in [0, 0.05) is 19.1 Å². The number of hydrogen-bond acceptors (Lipinski definition) is 3. The minimum atomic E-state index is -0.238. The highest BCUT2D eigenvalue weighted by Gasteiger charge is 2.37. The van der Waals surface area contributed by atoms with Gasteiger partial charge in [-0.3, -0.25) is 4.79 Å². The first-order valence-corrected chi connectivity index (χ1v) is 7.83. The van der Waals surface area contributed by atoms with E-state index in [2.05, 4.69) is 18.7 Å². The average Bonchev–Trinajstić information content (AvgIpc) is 2.94. The molecule has 0 saturated carbocycles. The minimum Gasteiger partial charge on any atom is -0.364 e. The number of carbonyl (C=O) groups is 1. The van der Waals surface area contributed by atoms with Gasteiger partial charge in [-0.2, -0.15) is 0 Å². The highest BCUT2D eigenvalue weighted by molar-refractivity contribution is 5.81. The van der Waals surface area contributed by atoms with Crippen molar-refractivity contribution in [2.24, 2.45) is 11.7 Å². The Kier molecular flexibility index (Phi) is 5.22. The summed E-state index contributed by atoms with van der Waals surface area (Å²) in [5.74, 6) is 0.789. The van der Waals surface area contributed by atoms with E-state index < -0.39 is 0 Å². The van der Waals surface area contributed by atoms with E-state index in [9.17, 15) is 4.79 Å². The summed E-state index contributed by atoms with van der Waals surface area (Å²) < 4.78 is 5.77. The fourth-order valence-corrected chi connectivity index (χ4v) is 3.34. The van der Waals surface area contributed by atoms with Crippen LogP contribution in [0.2, 0.25) is 0 Å². The minimum absolute atomic E-state index is 0.0841. The maximum atomic E-state index is 12.7. The molecule has 2 saturated heterocycles. The molecule has 0 bridgehead atoms. The summed E-state index contributed by atoms with van der Waals surface area (Å²) in [6, 6.07) is 0.409. The van der Waals surface area contributed by atoms with Gasteiger partial charge in [0.15, 0.2) is 0 Å². The molecule has 4 heteroatoms. The molecule has 2 aliphatic heterocycles. The number of likely N-dealkylation sites (tertiary alicyclic amines) is 1.